The highest BCUT2D eigenvalue weighted by atomic mass is 32.1. The Kier molecular flexibility index (Phi) is 7.20. The SMILES string of the molecule is CC(C)CC1(C)CC2CC(CC(C)C)(C1)CC(C)(c1cc(C(C)(C)C)cc(CS)c1O)C2. The quantitative estimate of drug-likeness (QED) is 0.407. The zero-order valence-electron chi connectivity index (χ0n) is 22.4. The Balaban J connectivity index is 2.09. The van der Waals surface area contributed by atoms with E-state index < -0.39 is 0 Å². The summed E-state index contributed by atoms with van der Waals surface area (Å²) in [6.07, 6.45) is 9.14. The molecule has 2 aliphatic rings. The molecule has 182 valence electrons. The Morgan fingerprint density at radius 3 is 2.12 bits per heavy atom. The van der Waals surface area contributed by atoms with E-state index in [2.05, 4.69) is 87.1 Å². The maximum absolute atomic E-state index is 11.4. The third-order valence-electron chi connectivity index (χ3n) is 8.43. The molecule has 0 radical (unpaired) electrons. The molecule has 2 heteroatoms. The van der Waals surface area contributed by atoms with Gasteiger partial charge in [-0.25, -0.2) is 0 Å². The van der Waals surface area contributed by atoms with Gasteiger partial charge < -0.3 is 5.11 Å². The van der Waals surface area contributed by atoms with Crippen molar-refractivity contribution in [3.8, 4) is 5.75 Å². The van der Waals surface area contributed by atoms with Crippen molar-refractivity contribution in [2.45, 2.75) is 124 Å². The number of benzene rings is 1. The molecule has 0 aromatic heterocycles. The van der Waals surface area contributed by atoms with Crippen LogP contribution in [0.2, 0.25) is 0 Å². The number of thiol groups is 1. The molecule has 0 heterocycles. The number of hydrogen-bond acceptors (Lipinski definition) is 2. The summed E-state index contributed by atoms with van der Waals surface area (Å²) < 4.78 is 0. The Morgan fingerprint density at radius 1 is 0.969 bits per heavy atom. The number of rotatable bonds is 6. The molecule has 0 saturated heterocycles. The van der Waals surface area contributed by atoms with Crippen LogP contribution in [0.4, 0.5) is 0 Å². The van der Waals surface area contributed by atoms with Gasteiger partial charge in [-0.1, -0.05) is 74.4 Å². The molecule has 32 heavy (non-hydrogen) atoms. The van der Waals surface area contributed by atoms with E-state index in [9.17, 15) is 5.11 Å². The Morgan fingerprint density at radius 2 is 1.59 bits per heavy atom. The third kappa shape index (κ3) is 5.37. The van der Waals surface area contributed by atoms with Gasteiger partial charge in [0.2, 0.25) is 0 Å². The highest BCUT2D eigenvalue weighted by Gasteiger charge is 2.54. The summed E-state index contributed by atoms with van der Waals surface area (Å²) >= 11 is 4.58. The van der Waals surface area contributed by atoms with Gasteiger partial charge in [-0.3, -0.25) is 0 Å². The number of fused-ring (bicyclic) bond motifs is 2. The van der Waals surface area contributed by atoms with Gasteiger partial charge in [-0.2, -0.15) is 12.6 Å². The molecule has 2 saturated carbocycles. The van der Waals surface area contributed by atoms with Crippen molar-refractivity contribution in [1.82, 2.24) is 0 Å². The molecule has 1 N–H and O–H groups in total. The maximum Gasteiger partial charge on any atom is 0.123 e. The lowest BCUT2D eigenvalue weighted by molar-refractivity contribution is -0.0589. The molecule has 4 atom stereocenters. The van der Waals surface area contributed by atoms with Gasteiger partial charge in [0.15, 0.2) is 0 Å². The largest absolute Gasteiger partial charge is 0.507 e. The van der Waals surface area contributed by atoms with Crippen molar-refractivity contribution in [1.29, 1.82) is 0 Å². The van der Waals surface area contributed by atoms with Crippen LogP contribution < -0.4 is 0 Å². The lowest BCUT2D eigenvalue weighted by atomic mass is 9.46. The summed E-state index contributed by atoms with van der Waals surface area (Å²) in [5.74, 6) is 3.32. The Bertz CT molecular complexity index is 813. The minimum absolute atomic E-state index is 0.0278. The van der Waals surface area contributed by atoms with E-state index in [-0.39, 0.29) is 10.8 Å². The van der Waals surface area contributed by atoms with Crippen molar-refractivity contribution in [2.75, 3.05) is 0 Å². The molecule has 2 aliphatic carbocycles. The van der Waals surface area contributed by atoms with E-state index in [0.717, 1.165) is 17.4 Å². The standard InChI is InChI=1S/C30H50OS/c1-20(2)12-28(8)14-22-15-29(9,19-30(16-22,18-28)13-21(3)4)25-11-24(27(5,6)7)10-23(17-32)26(25)31/h10-11,20-22,31-32H,12-19H2,1-9H3. The average molecular weight is 459 g/mol. The number of aromatic hydroxyl groups is 1. The summed E-state index contributed by atoms with van der Waals surface area (Å²) in [6, 6.07) is 4.53. The van der Waals surface area contributed by atoms with Crippen LogP contribution in [0.1, 0.15) is 124 Å². The van der Waals surface area contributed by atoms with Crippen LogP contribution in [0, 0.1) is 28.6 Å². The lowest BCUT2D eigenvalue weighted by Gasteiger charge is -2.59. The molecule has 1 aromatic carbocycles. The van der Waals surface area contributed by atoms with Gasteiger partial charge in [0.05, 0.1) is 0 Å². The van der Waals surface area contributed by atoms with E-state index in [1.807, 2.05) is 0 Å². The summed E-state index contributed by atoms with van der Waals surface area (Å²) in [4.78, 5) is 0. The van der Waals surface area contributed by atoms with Gasteiger partial charge in [0.1, 0.15) is 5.75 Å². The first kappa shape index (κ1) is 26.0. The number of phenolic OH excluding ortho intramolecular Hbond substituents is 1. The van der Waals surface area contributed by atoms with Crippen molar-refractivity contribution < 1.29 is 5.11 Å². The summed E-state index contributed by atoms with van der Waals surface area (Å²) in [7, 11) is 0. The smallest absolute Gasteiger partial charge is 0.123 e. The van der Waals surface area contributed by atoms with Crippen molar-refractivity contribution >= 4 is 12.6 Å². The van der Waals surface area contributed by atoms with E-state index in [0.29, 0.717) is 28.3 Å². The second-order valence-electron chi connectivity index (χ2n) is 14.3. The molecule has 3 rings (SSSR count). The van der Waals surface area contributed by atoms with E-state index in [1.165, 1.54) is 56.1 Å². The highest BCUT2D eigenvalue weighted by molar-refractivity contribution is 7.79. The summed E-state index contributed by atoms with van der Waals surface area (Å²) in [5, 5.41) is 11.4. The zero-order chi connectivity index (χ0) is 24.1. The van der Waals surface area contributed by atoms with Crippen LogP contribution in [0.15, 0.2) is 12.1 Å². The fourth-order valence-electron chi connectivity index (χ4n) is 8.40. The molecule has 0 amide bonds. The van der Waals surface area contributed by atoms with E-state index >= 15 is 0 Å². The van der Waals surface area contributed by atoms with Crippen molar-refractivity contribution in [3.63, 3.8) is 0 Å². The maximum atomic E-state index is 11.4. The van der Waals surface area contributed by atoms with E-state index in [1.54, 1.807) is 0 Å². The van der Waals surface area contributed by atoms with Crippen molar-refractivity contribution in [3.05, 3.63) is 28.8 Å². The lowest BCUT2D eigenvalue weighted by Crippen LogP contribution is -2.49. The first-order valence-electron chi connectivity index (χ1n) is 13.1. The number of hydrogen-bond donors (Lipinski definition) is 2. The van der Waals surface area contributed by atoms with Crippen LogP contribution >= 0.6 is 12.6 Å². The Labute approximate surface area is 204 Å². The monoisotopic (exact) mass is 458 g/mol. The predicted molar refractivity (Wildman–Crippen MR) is 143 cm³/mol. The third-order valence-corrected chi connectivity index (χ3v) is 8.77. The molecule has 1 aromatic rings. The number of phenols is 1. The van der Waals surface area contributed by atoms with Gasteiger partial charge in [-0.15, -0.1) is 0 Å². The minimum atomic E-state index is 0.0278. The van der Waals surface area contributed by atoms with Gasteiger partial charge in [0, 0.05) is 16.9 Å². The minimum Gasteiger partial charge on any atom is -0.507 e. The van der Waals surface area contributed by atoms with Crippen LogP contribution in [0.25, 0.3) is 0 Å². The van der Waals surface area contributed by atoms with Crippen LogP contribution in [0.3, 0.4) is 0 Å². The fourth-order valence-corrected chi connectivity index (χ4v) is 8.64. The molecular weight excluding hydrogens is 408 g/mol. The fraction of sp³-hybridized carbons (Fsp3) is 0.800. The van der Waals surface area contributed by atoms with Crippen LogP contribution in [-0.4, -0.2) is 5.11 Å². The van der Waals surface area contributed by atoms with Gasteiger partial charge in [-0.05, 0) is 89.9 Å². The molecule has 2 fully saturated rings. The first-order valence-corrected chi connectivity index (χ1v) is 13.7. The molecule has 0 aliphatic heterocycles. The second kappa shape index (κ2) is 8.86. The Hall–Kier alpha value is -0.630. The topological polar surface area (TPSA) is 20.2 Å². The normalized spacial score (nSPS) is 33.2. The summed E-state index contributed by atoms with van der Waals surface area (Å²) in [6.45, 7) is 21.5. The molecular formula is C30H50OS. The van der Waals surface area contributed by atoms with Gasteiger partial charge in [0.25, 0.3) is 0 Å². The predicted octanol–water partition coefficient (Wildman–Crippen LogP) is 9.06. The van der Waals surface area contributed by atoms with Crippen LogP contribution in [0.5, 0.6) is 5.75 Å². The van der Waals surface area contributed by atoms with E-state index in [4.69, 9.17) is 0 Å². The molecule has 1 nitrogen and oxygen atoms in total. The molecule has 4 unspecified atom stereocenters. The highest BCUT2D eigenvalue weighted by Crippen LogP contribution is 2.64. The summed E-state index contributed by atoms with van der Waals surface area (Å²) in [5.41, 5.74) is 4.45. The molecule has 2 bridgehead atoms. The van der Waals surface area contributed by atoms with Crippen molar-refractivity contribution in [2.24, 2.45) is 28.6 Å². The first-order chi connectivity index (χ1) is 14.6. The molecule has 0 spiro atoms. The van der Waals surface area contributed by atoms with Crippen LogP contribution in [-0.2, 0) is 16.6 Å². The second-order valence-corrected chi connectivity index (χ2v) is 14.7. The van der Waals surface area contributed by atoms with Gasteiger partial charge >= 0.3 is 0 Å². The zero-order valence-corrected chi connectivity index (χ0v) is 23.3. The average Bonchev–Trinajstić information content (AvgIpc) is 2.56.